The zero-order valence-corrected chi connectivity index (χ0v) is 3.44. The summed E-state index contributed by atoms with van der Waals surface area (Å²) in [6.07, 6.45) is 0. The maximum atomic E-state index is 3.83. The van der Waals surface area contributed by atoms with Crippen LogP contribution >= 0.6 is 0 Å². The Bertz CT molecular complexity index is 51.1. The van der Waals surface area contributed by atoms with Crippen LogP contribution in [0.4, 0.5) is 0 Å². The Morgan fingerprint density at radius 1 is 1.67 bits per heavy atom. The minimum atomic E-state index is 0.757. The van der Waals surface area contributed by atoms with Crippen molar-refractivity contribution in [3.63, 3.8) is 0 Å². The molecule has 1 aliphatic rings. The van der Waals surface area contributed by atoms with Crippen LogP contribution < -0.4 is 10.3 Å². The molecule has 0 aliphatic carbocycles. The van der Waals surface area contributed by atoms with Gasteiger partial charge in [-0.3, -0.25) is 0 Å². The second kappa shape index (κ2) is 2.02. The molecular weight excluding hydrogens is 74.5 g/mol. The van der Waals surface area contributed by atoms with Crippen molar-refractivity contribution in [3.8, 4) is 0 Å². The van der Waals surface area contributed by atoms with Crippen molar-refractivity contribution in [2.24, 2.45) is 4.81 Å². The van der Waals surface area contributed by atoms with Crippen molar-refractivity contribution >= 4 is 22.3 Å². The molecule has 0 unspecified atom stereocenters. The quantitative estimate of drug-likeness (QED) is 0.315. The predicted molar refractivity (Wildman–Crippen MR) is 28.8 cm³/mol. The molecule has 0 saturated heterocycles. The van der Waals surface area contributed by atoms with E-state index in [1.807, 2.05) is 0 Å². The molecular formula is H4B3N3. The van der Waals surface area contributed by atoms with Gasteiger partial charge in [-0.1, -0.05) is 0 Å². The average Bonchev–Trinajstić information content (AvgIpc) is 1.72. The standard InChI is InChI=1S/B3H4N3/c1-4-2-6-3-5-1/h1-2,4-5H. The molecule has 1 heterocycles. The van der Waals surface area contributed by atoms with Crippen LogP contribution in [0.1, 0.15) is 0 Å². The summed E-state index contributed by atoms with van der Waals surface area (Å²) in [4.78, 5) is 3.83. The molecule has 0 aromatic carbocycles. The third-order valence-electron chi connectivity index (χ3n) is 0.613. The second-order valence-corrected chi connectivity index (χ2v) is 1.10. The molecule has 6 heteroatoms. The van der Waals surface area contributed by atoms with Crippen LogP contribution in [0.15, 0.2) is 4.81 Å². The van der Waals surface area contributed by atoms with Gasteiger partial charge < -0.3 is 0 Å². The summed E-state index contributed by atoms with van der Waals surface area (Å²) in [7, 11) is 3.31. The van der Waals surface area contributed by atoms with Crippen LogP contribution in [0.5, 0.6) is 0 Å². The molecule has 1 rings (SSSR count). The van der Waals surface area contributed by atoms with E-state index < -0.39 is 0 Å². The van der Waals surface area contributed by atoms with E-state index in [4.69, 9.17) is 0 Å². The zero-order chi connectivity index (χ0) is 4.24. The van der Waals surface area contributed by atoms with E-state index in [1.165, 1.54) is 0 Å². The summed E-state index contributed by atoms with van der Waals surface area (Å²) < 4.78 is 0. The molecule has 0 saturated carbocycles. The predicted octanol–water partition coefficient (Wildman–Crippen LogP) is -2.49. The van der Waals surface area contributed by atoms with Gasteiger partial charge in [0.2, 0.25) is 0 Å². The van der Waals surface area contributed by atoms with Crippen LogP contribution in [0, 0.1) is 0 Å². The van der Waals surface area contributed by atoms with E-state index in [0.717, 1.165) is 15.1 Å². The summed E-state index contributed by atoms with van der Waals surface area (Å²) in [5, 5.41) is 5.86. The van der Waals surface area contributed by atoms with Gasteiger partial charge in [-0.05, 0) is 0 Å². The molecule has 0 radical (unpaired) electrons. The Labute approximate surface area is 38.4 Å². The van der Waals surface area contributed by atoms with Gasteiger partial charge >= 0.3 is 37.4 Å². The summed E-state index contributed by atoms with van der Waals surface area (Å²) in [5.41, 5.74) is 0. The van der Waals surface area contributed by atoms with Crippen molar-refractivity contribution in [1.82, 2.24) is 10.3 Å². The third-order valence-corrected chi connectivity index (χ3v) is 0.613. The van der Waals surface area contributed by atoms with Gasteiger partial charge in [0.25, 0.3) is 0 Å². The molecule has 28 valence electrons. The average molecular weight is 78.5 g/mol. The van der Waals surface area contributed by atoms with Gasteiger partial charge in [0.15, 0.2) is 0 Å². The molecule has 1 aliphatic heterocycles. The van der Waals surface area contributed by atoms with Gasteiger partial charge in [0.05, 0.1) is 0 Å². The summed E-state index contributed by atoms with van der Waals surface area (Å²) in [6.45, 7) is 0. The summed E-state index contributed by atoms with van der Waals surface area (Å²) in [6, 6.07) is 0. The minimum absolute atomic E-state index is 0.757. The normalized spacial score (nSPS) is 16.0. The van der Waals surface area contributed by atoms with Crippen LogP contribution in [0.3, 0.4) is 0 Å². The van der Waals surface area contributed by atoms with Crippen molar-refractivity contribution < 1.29 is 0 Å². The fourth-order valence-electron chi connectivity index (χ4n) is 0.348. The van der Waals surface area contributed by atoms with Crippen LogP contribution in [0.2, 0.25) is 0 Å². The first-order valence-electron chi connectivity index (χ1n) is 1.92. The Balaban J connectivity index is 2.26. The molecule has 0 spiro atoms. The molecule has 6 heavy (non-hydrogen) atoms. The van der Waals surface area contributed by atoms with Crippen molar-refractivity contribution in [2.45, 2.75) is 0 Å². The molecule has 3 nitrogen and oxygen atoms in total. The number of nitrogens with one attached hydrogen (secondary N) is 2. The van der Waals surface area contributed by atoms with E-state index in [1.54, 1.807) is 7.21 Å². The van der Waals surface area contributed by atoms with E-state index in [-0.39, 0.29) is 0 Å². The van der Waals surface area contributed by atoms with Crippen molar-refractivity contribution in [3.05, 3.63) is 0 Å². The van der Waals surface area contributed by atoms with Gasteiger partial charge in [-0.25, -0.2) is 0 Å². The van der Waals surface area contributed by atoms with Crippen molar-refractivity contribution in [1.29, 1.82) is 0 Å². The van der Waals surface area contributed by atoms with E-state index in [0.29, 0.717) is 0 Å². The van der Waals surface area contributed by atoms with E-state index in [9.17, 15) is 0 Å². The Morgan fingerprint density at radius 3 is 2.83 bits per heavy atom. The first-order chi connectivity index (χ1) is 3.00. The summed E-state index contributed by atoms with van der Waals surface area (Å²) >= 11 is 0. The number of hydrogen-bond donors (Lipinski definition) is 2. The van der Waals surface area contributed by atoms with Crippen LogP contribution in [-0.4, -0.2) is 22.3 Å². The fourth-order valence-corrected chi connectivity index (χ4v) is 0.348. The number of rotatable bonds is 0. The van der Waals surface area contributed by atoms with Crippen LogP contribution in [0.25, 0.3) is 0 Å². The van der Waals surface area contributed by atoms with Gasteiger partial charge in [-0.15, -0.1) is 0 Å². The van der Waals surface area contributed by atoms with E-state index >= 15 is 0 Å². The summed E-state index contributed by atoms with van der Waals surface area (Å²) in [5.74, 6) is 0. The molecule has 0 aromatic rings. The SMILES string of the molecule is B1=NBNBN1. The van der Waals surface area contributed by atoms with Crippen molar-refractivity contribution in [2.75, 3.05) is 0 Å². The van der Waals surface area contributed by atoms with Gasteiger partial charge in [0.1, 0.15) is 0 Å². The molecule has 0 atom stereocenters. The molecule has 0 bridgehead atoms. The van der Waals surface area contributed by atoms with Gasteiger partial charge in [-0.2, -0.15) is 0 Å². The van der Waals surface area contributed by atoms with E-state index in [2.05, 4.69) is 15.1 Å². The molecule has 0 amide bonds. The Morgan fingerprint density at radius 2 is 2.67 bits per heavy atom. The fraction of sp³-hybridized carbons (Fsp3) is 0. The Kier molecular flexibility index (Phi) is 1.33. The zero-order valence-electron chi connectivity index (χ0n) is 3.44. The topological polar surface area (TPSA) is 36.4 Å². The first-order valence-corrected chi connectivity index (χ1v) is 1.92. The van der Waals surface area contributed by atoms with Crippen LogP contribution in [-0.2, 0) is 0 Å². The third kappa shape index (κ3) is 0.860. The van der Waals surface area contributed by atoms with Gasteiger partial charge in [0, 0.05) is 0 Å². The number of hydrogen-bond acceptors (Lipinski definition) is 3. The Hall–Kier alpha value is -0.245. The number of nitrogens with zero attached hydrogens (tertiary/aromatic N) is 1. The first kappa shape index (κ1) is 3.93. The molecule has 2 N–H and O–H groups in total. The molecule has 0 aromatic heterocycles. The monoisotopic (exact) mass is 79.1 g/mol. The maximum absolute atomic E-state index is 3.83. The molecule has 0 fully saturated rings. The second-order valence-electron chi connectivity index (χ2n) is 1.10.